The summed E-state index contributed by atoms with van der Waals surface area (Å²) in [4.78, 5) is 19.3. The van der Waals surface area contributed by atoms with Crippen molar-refractivity contribution in [2.24, 2.45) is 0 Å². The zero-order valence-corrected chi connectivity index (χ0v) is 15.2. The van der Waals surface area contributed by atoms with E-state index >= 15 is 0 Å². The Hall–Kier alpha value is -2.82. The minimum absolute atomic E-state index is 0.123. The van der Waals surface area contributed by atoms with Gasteiger partial charge in [-0.25, -0.2) is 4.98 Å². The molecule has 3 rings (SSSR count). The molecule has 5 heteroatoms. The maximum Gasteiger partial charge on any atom is 0.255 e. The van der Waals surface area contributed by atoms with Crippen LogP contribution in [0.2, 0.25) is 0 Å². The number of imidazole rings is 1. The molecule has 130 valence electrons. The fourth-order valence-electron chi connectivity index (χ4n) is 3.02. The molecule has 5 nitrogen and oxygen atoms in total. The standard InChI is InChI=1S/C20H24N4O/c1-5-23(6-2)17-7-8-18(14(3)11-17)22-20(25)16-9-10-24-13-15(4)21-19(24)12-16/h7-13H,5-6H2,1-4H3,(H,22,25). The highest BCUT2D eigenvalue weighted by Crippen LogP contribution is 2.23. The first-order valence-corrected chi connectivity index (χ1v) is 8.64. The Kier molecular flexibility index (Phi) is 4.74. The summed E-state index contributed by atoms with van der Waals surface area (Å²) in [6.07, 6.45) is 3.80. The minimum atomic E-state index is -0.123. The number of benzene rings is 1. The zero-order chi connectivity index (χ0) is 18.0. The summed E-state index contributed by atoms with van der Waals surface area (Å²) in [5.41, 5.74) is 5.37. The maximum atomic E-state index is 12.6. The van der Waals surface area contributed by atoms with Crippen molar-refractivity contribution >= 4 is 22.9 Å². The van der Waals surface area contributed by atoms with Gasteiger partial charge in [-0.1, -0.05) is 0 Å². The van der Waals surface area contributed by atoms with Crippen LogP contribution < -0.4 is 10.2 Å². The molecule has 0 spiro atoms. The Morgan fingerprint density at radius 3 is 2.60 bits per heavy atom. The Labute approximate surface area is 148 Å². The van der Waals surface area contributed by atoms with Crippen molar-refractivity contribution in [2.45, 2.75) is 27.7 Å². The van der Waals surface area contributed by atoms with Gasteiger partial charge in [-0.2, -0.15) is 0 Å². The largest absolute Gasteiger partial charge is 0.372 e. The highest BCUT2D eigenvalue weighted by Gasteiger charge is 2.11. The van der Waals surface area contributed by atoms with Crippen LogP contribution in [0.4, 0.5) is 11.4 Å². The van der Waals surface area contributed by atoms with Gasteiger partial charge >= 0.3 is 0 Å². The number of hydrogen-bond acceptors (Lipinski definition) is 3. The number of aryl methyl sites for hydroxylation is 2. The lowest BCUT2D eigenvalue weighted by molar-refractivity contribution is 0.102. The van der Waals surface area contributed by atoms with Gasteiger partial charge in [-0.05, 0) is 63.6 Å². The Morgan fingerprint density at radius 1 is 1.16 bits per heavy atom. The van der Waals surface area contributed by atoms with Crippen molar-refractivity contribution < 1.29 is 4.79 Å². The van der Waals surface area contributed by atoms with Crippen molar-refractivity contribution in [3.05, 3.63) is 59.5 Å². The van der Waals surface area contributed by atoms with Crippen molar-refractivity contribution in [1.29, 1.82) is 0 Å². The molecule has 1 amide bonds. The lowest BCUT2D eigenvalue weighted by atomic mass is 10.1. The van der Waals surface area contributed by atoms with E-state index in [9.17, 15) is 4.79 Å². The number of hydrogen-bond donors (Lipinski definition) is 1. The molecule has 0 atom stereocenters. The molecule has 1 aromatic carbocycles. The number of pyridine rings is 1. The van der Waals surface area contributed by atoms with Crippen molar-refractivity contribution in [2.75, 3.05) is 23.3 Å². The second-order valence-corrected chi connectivity index (χ2v) is 6.19. The number of nitrogens with one attached hydrogen (secondary N) is 1. The van der Waals surface area contributed by atoms with E-state index < -0.39 is 0 Å². The SMILES string of the molecule is CCN(CC)c1ccc(NC(=O)c2ccn3cc(C)nc3c2)c(C)c1. The van der Waals surface area contributed by atoms with Crippen LogP contribution in [-0.4, -0.2) is 28.4 Å². The van der Waals surface area contributed by atoms with Crippen LogP contribution in [0.3, 0.4) is 0 Å². The lowest BCUT2D eigenvalue weighted by Gasteiger charge is -2.22. The Morgan fingerprint density at radius 2 is 1.92 bits per heavy atom. The maximum absolute atomic E-state index is 12.6. The molecular formula is C20H24N4O. The van der Waals surface area contributed by atoms with Crippen molar-refractivity contribution in [1.82, 2.24) is 9.38 Å². The van der Waals surface area contributed by atoms with Gasteiger partial charge in [0.15, 0.2) is 0 Å². The third-order valence-electron chi connectivity index (χ3n) is 4.43. The first-order valence-electron chi connectivity index (χ1n) is 8.64. The Balaban J connectivity index is 1.81. The van der Waals surface area contributed by atoms with E-state index in [1.54, 1.807) is 0 Å². The Bertz CT molecular complexity index is 909. The second kappa shape index (κ2) is 6.97. The van der Waals surface area contributed by atoms with Crippen molar-refractivity contribution in [3.8, 4) is 0 Å². The molecule has 0 saturated carbocycles. The average Bonchev–Trinajstić information content (AvgIpc) is 2.97. The first-order chi connectivity index (χ1) is 12.0. The normalized spacial score (nSPS) is 10.9. The number of carbonyl (C=O) groups excluding carboxylic acids is 1. The van der Waals surface area contributed by atoms with Crippen LogP contribution in [0.15, 0.2) is 42.7 Å². The first kappa shape index (κ1) is 17.0. The third kappa shape index (κ3) is 3.50. The van der Waals surface area contributed by atoms with E-state index in [4.69, 9.17) is 0 Å². The highest BCUT2D eigenvalue weighted by atomic mass is 16.1. The van der Waals surface area contributed by atoms with Crippen LogP contribution in [-0.2, 0) is 0 Å². The molecule has 0 saturated heterocycles. The number of anilines is 2. The van der Waals surface area contributed by atoms with Gasteiger partial charge in [0.05, 0.1) is 5.69 Å². The molecule has 0 aliphatic carbocycles. The third-order valence-corrected chi connectivity index (χ3v) is 4.43. The fraction of sp³-hybridized carbons (Fsp3) is 0.300. The van der Waals surface area contributed by atoms with Gasteiger partial charge < -0.3 is 14.6 Å². The van der Waals surface area contributed by atoms with E-state index in [-0.39, 0.29) is 5.91 Å². The molecule has 0 aliphatic heterocycles. The van der Waals surface area contributed by atoms with Gasteiger partial charge in [0.1, 0.15) is 5.65 Å². The molecule has 3 aromatic rings. The second-order valence-electron chi connectivity index (χ2n) is 6.19. The van der Waals surface area contributed by atoms with Crippen LogP contribution in [0.25, 0.3) is 5.65 Å². The molecule has 0 fully saturated rings. The van der Waals surface area contributed by atoms with E-state index in [1.165, 1.54) is 5.69 Å². The van der Waals surface area contributed by atoms with E-state index in [2.05, 4.69) is 41.2 Å². The highest BCUT2D eigenvalue weighted by molar-refractivity contribution is 6.05. The number of rotatable bonds is 5. The van der Waals surface area contributed by atoms with Crippen LogP contribution >= 0.6 is 0 Å². The number of carbonyl (C=O) groups is 1. The topological polar surface area (TPSA) is 49.6 Å². The minimum Gasteiger partial charge on any atom is -0.372 e. The molecule has 2 heterocycles. The van der Waals surface area contributed by atoms with E-state index in [0.29, 0.717) is 5.56 Å². The number of amides is 1. The van der Waals surface area contributed by atoms with Gasteiger partial charge in [0, 0.05) is 42.4 Å². The van der Waals surface area contributed by atoms with Gasteiger partial charge in [0.2, 0.25) is 0 Å². The summed E-state index contributed by atoms with van der Waals surface area (Å²) in [7, 11) is 0. The summed E-state index contributed by atoms with van der Waals surface area (Å²) < 4.78 is 1.91. The summed E-state index contributed by atoms with van der Waals surface area (Å²) in [6, 6.07) is 9.75. The molecule has 1 N–H and O–H groups in total. The lowest BCUT2D eigenvalue weighted by Crippen LogP contribution is -2.22. The zero-order valence-electron chi connectivity index (χ0n) is 15.2. The van der Waals surface area contributed by atoms with Gasteiger partial charge in [0.25, 0.3) is 5.91 Å². The quantitative estimate of drug-likeness (QED) is 0.765. The van der Waals surface area contributed by atoms with Crippen LogP contribution in [0.5, 0.6) is 0 Å². The summed E-state index contributed by atoms with van der Waals surface area (Å²) >= 11 is 0. The molecule has 2 aromatic heterocycles. The summed E-state index contributed by atoms with van der Waals surface area (Å²) in [5.74, 6) is -0.123. The smallest absolute Gasteiger partial charge is 0.255 e. The monoisotopic (exact) mass is 336 g/mol. The molecule has 0 aliphatic rings. The molecule has 0 bridgehead atoms. The molecule has 25 heavy (non-hydrogen) atoms. The summed E-state index contributed by atoms with van der Waals surface area (Å²) in [5, 5.41) is 3.01. The van der Waals surface area contributed by atoms with Crippen molar-refractivity contribution in [3.63, 3.8) is 0 Å². The summed E-state index contributed by atoms with van der Waals surface area (Å²) in [6.45, 7) is 10.2. The predicted octanol–water partition coefficient (Wildman–Crippen LogP) is 4.05. The molecular weight excluding hydrogens is 312 g/mol. The fourth-order valence-corrected chi connectivity index (χ4v) is 3.02. The van der Waals surface area contributed by atoms with E-state index in [1.807, 2.05) is 48.8 Å². The number of aromatic nitrogens is 2. The molecule has 0 unspecified atom stereocenters. The predicted molar refractivity (Wildman–Crippen MR) is 103 cm³/mol. The number of nitrogens with zero attached hydrogens (tertiary/aromatic N) is 3. The van der Waals surface area contributed by atoms with Gasteiger partial charge in [-0.15, -0.1) is 0 Å². The van der Waals surface area contributed by atoms with Crippen LogP contribution in [0, 0.1) is 13.8 Å². The molecule has 0 radical (unpaired) electrons. The van der Waals surface area contributed by atoms with Gasteiger partial charge in [-0.3, -0.25) is 4.79 Å². The van der Waals surface area contributed by atoms with Crippen LogP contribution in [0.1, 0.15) is 35.5 Å². The van der Waals surface area contributed by atoms with E-state index in [0.717, 1.165) is 35.7 Å². The average molecular weight is 336 g/mol. The number of fused-ring (bicyclic) bond motifs is 1.